The number of aromatic nitrogens is 1. The lowest BCUT2D eigenvalue weighted by atomic mass is 10.2. The van der Waals surface area contributed by atoms with Crippen LogP contribution >= 0.6 is 11.3 Å². The molecule has 0 atom stereocenters. The van der Waals surface area contributed by atoms with Crippen LogP contribution in [0.2, 0.25) is 0 Å². The van der Waals surface area contributed by atoms with Crippen LogP contribution in [-0.2, 0) is 16.4 Å². The zero-order valence-electron chi connectivity index (χ0n) is 13.0. The van der Waals surface area contributed by atoms with Crippen molar-refractivity contribution in [2.75, 3.05) is 25.1 Å². The predicted molar refractivity (Wildman–Crippen MR) is 88.7 cm³/mol. The van der Waals surface area contributed by atoms with Gasteiger partial charge in [0.25, 0.3) is 0 Å². The van der Waals surface area contributed by atoms with Crippen LogP contribution in [0.4, 0.5) is 0 Å². The number of hydrogen-bond donors (Lipinski definition) is 2. The molecule has 0 saturated heterocycles. The van der Waals surface area contributed by atoms with Crippen LogP contribution in [0.25, 0.3) is 0 Å². The van der Waals surface area contributed by atoms with Crippen molar-refractivity contribution < 1.29 is 8.42 Å². The van der Waals surface area contributed by atoms with Crippen molar-refractivity contribution in [2.24, 2.45) is 4.99 Å². The second-order valence-corrected chi connectivity index (χ2v) is 8.28. The van der Waals surface area contributed by atoms with Gasteiger partial charge in [0.1, 0.15) is 14.8 Å². The maximum Gasteiger partial charge on any atom is 0.191 e. The van der Waals surface area contributed by atoms with Gasteiger partial charge in [0.2, 0.25) is 0 Å². The molecule has 6 nitrogen and oxygen atoms in total. The van der Waals surface area contributed by atoms with Crippen molar-refractivity contribution in [3.8, 4) is 0 Å². The van der Waals surface area contributed by atoms with Gasteiger partial charge in [-0.25, -0.2) is 18.4 Å². The van der Waals surface area contributed by atoms with Crippen LogP contribution in [0.5, 0.6) is 0 Å². The fourth-order valence-electron chi connectivity index (χ4n) is 1.51. The summed E-state index contributed by atoms with van der Waals surface area (Å²) in [5, 5.41) is 9.12. The molecule has 0 fully saturated rings. The Balaban J connectivity index is 2.57. The molecule has 0 radical (unpaired) electrons. The van der Waals surface area contributed by atoms with Gasteiger partial charge in [-0.15, -0.1) is 11.3 Å². The molecule has 2 N–H and O–H groups in total. The zero-order chi connectivity index (χ0) is 15.9. The second-order valence-electron chi connectivity index (χ2n) is 5.07. The van der Waals surface area contributed by atoms with Crippen LogP contribution < -0.4 is 10.6 Å². The molecule has 1 aromatic heterocycles. The van der Waals surface area contributed by atoms with E-state index in [0.717, 1.165) is 17.2 Å². The normalized spacial score (nSPS) is 12.7. The predicted octanol–water partition coefficient (Wildman–Crippen LogP) is 1.37. The maximum absolute atomic E-state index is 11.1. The number of hydrogen-bond acceptors (Lipinski definition) is 5. The van der Waals surface area contributed by atoms with E-state index in [1.807, 2.05) is 6.92 Å². The first-order valence-corrected chi connectivity index (χ1v) is 9.90. The van der Waals surface area contributed by atoms with Crippen LogP contribution in [0, 0.1) is 0 Å². The molecular formula is C13H24N4O2S2. The molecule has 0 saturated carbocycles. The summed E-state index contributed by atoms with van der Waals surface area (Å²) in [5.41, 5.74) is 1.08. The quantitative estimate of drug-likeness (QED) is 0.582. The fraction of sp³-hybridized carbons (Fsp3) is 0.692. The summed E-state index contributed by atoms with van der Waals surface area (Å²) < 4.78 is 22.2. The Morgan fingerprint density at radius 1 is 1.43 bits per heavy atom. The van der Waals surface area contributed by atoms with Crippen molar-refractivity contribution >= 4 is 27.1 Å². The lowest BCUT2D eigenvalue weighted by Gasteiger charge is -2.10. The van der Waals surface area contributed by atoms with Gasteiger partial charge in [0.05, 0.1) is 18.0 Å². The van der Waals surface area contributed by atoms with Gasteiger partial charge in [-0.05, 0) is 12.8 Å². The molecule has 8 heteroatoms. The molecule has 120 valence electrons. The van der Waals surface area contributed by atoms with E-state index in [1.54, 1.807) is 11.3 Å². The van der Waals surface area contributed by atoms with Gasteiger partial charge in [0, 0.05) is 24.7 Å². The summed E-state index contributed by atoms with van der Waals surface area (Å²) in [6.45, 7) is 7.75. The van der Waals surface area contributed by atoms with E-state index in [9.17, 15) is 8.42 Å². The lowest BCUT2D eigenvalue weighted by molar-refractivity contribution is 0.600. The highest BCUT2D eigenvalue weighted by Crippen LogP contribution is 2.18. The van der Waals surface area contributed by atoms with Crippen LogP contribution in [0.3, 0.4) is 0 Å². The number of nitrogens with one attached hydrogen (secondary N) is 2. The van der Waals surface area contributed by atoms with E-state index in [1.165, 1.54) is 6.26 Å². The Bertz CT molecular complexity index is 564. The second kappa shape index (κ2) is 8.33. The lowest BCUT2D eigenvalue weighted by Crippen LogP contribution is -2.39. The minimum atomic E-state index is -2.96. The summed E-state index contributed by atoms with van der Waals surface area (Å²) in [6.07, 6.45) is 1.22. The van der Waals surface area contributed by atoms with Crippen molar-refractivity contribution in [1.82, 2.24) is 15.6 Å². The van der Waals surface area contributed by atoms with E-state index in [0.29, 0.717) is 25.0 Å². The van der Waals surface area contributed by atoms with Crippen LogP contribution in [0.15, 0.2) is 10.4 Å². The first kappa shape index (κ1) is 17.9. The smallest absolute Gasteiger partial charge is 0.191 e. The third-order valence-corrected chi connectivity index (χ3v) is 4.44. The third-order valence-electron chi connectivity index (χ3n) is 2.64. The number of thiazole rings is 1. The molecule has 21 heavy (non-hydrogen) atoms. The third kappa shape index (κ3) is 7.42. The van der Waals surface area contributed by atoms with Crippen LogP contribution in [0.1, 0.15) is 37.4 Å². The van der Waals surface area contributed by atoms with E-state index in [4.69, 9.17) is 0 Å². The summed E-state index contributed by atoms with van der Waals surface area (Å²) in [4.78, 5) is 8.94. The van der Waals surface area contributed by atoms with Gasteiger partial charge in [-0.3, -0.25) is 0 Å². The van der Waals surface area contributed by atoms with Crippen molar-refractivity contribution in [3.63, 3.8) is 0 Å². The van der Waals surface area contributed by atoms with Gasteiger partial charge in [0.15, 0.2) is 5.96 Å². The largest absolute Gasteiger partial charge is 0.357 e. The molecule has 0 bridgehead atoms. The van der Waals surface area contributed by atoms with E-state index < -0.39 is 9.84 Å². The molecule has 0 unspecified atom stereocenters. The molecule has 0 amide bonds. The Morgan fingerprint density at radius 3 is 2.67 bits per heavy atom. The first-order valence-electron chi connectivity index (χ1n) is 6.96. The highest BCUT2D eigenvalue weighted by Gasteiger charge is 2.06. The molecule has 1 aromatic rings. The SMILES string of the molecule is CCNC(=NCc1nc(C(C)C)cs1)NCCS(C)(=O)=O. The van der Waals surface area contributed by atoms with Crippen molar-refractivity contribution in [1.29, 1.82) is 0 Å². The average molecular weight is 332 g/mol. The first-order chi connectivity index (χ1) is 9.81. The van der Waals surface area contributed by atoms with Gasteiger partial charge < -0.3 is 10.6 Å². The van der Waals surface area contributed by atoms with Gasteiger partial charge >= 0.3 is 0 Å². The van der Waals surface area contributed by atoms with E-state index in [2.05, 4.69) is 39.8 Å². The number of sulfone groups is 1. The molecule has 1 rings (SSSR count). The monoisotopic (exact) mass is 332 g/mol. The van der Waals surface area contributed by atoms with E-state index in [-0.39, 0.29) is 5.75 Å². The summed E-state index contributed by atoms with van der Waals surface area (Å²) in [7, 11) is -2.96. The number of rotatable bonds is 7. The Kier molecular flexibility index (Phi) is 7.10. The van der Waals surface area contributed by atoms with Crippen LogP contribution in [-0.4, -0.2) is 44.5 Å². The van der Waals surface area contributed by atoms with Crippen molar-refractivity contribution in [3.05, 3.63) is 16.1 Å². The molecule has 0 aliphatic heterocycles. The maximum atomic E-state index is 11.1. The highest BCUT2D eigenvalue weighted by molar-refractivity contribution is 7.90. The van der Waals surface area contributed by atoms with Gasteiger partial charge in [-0.2, -0.15) is 0 Å². The number of aliphatic imine (C=N–C) groups is 1. The number of guanidine groups is 1. The Hall–Kier alpha value is -1.15. The summed E-state index contributed by atoms with van der Waals surface area (Å²) in [5.74, 6) is 1.12. The minimum absolute atomic E-state index is 0.0894. The molecular weight excluding hydrogens is 308 g/mol. The molecule has 0 aliphatic carbocycles. The number of nitrogens with zero attached hydrogens (tertiary/aromatic N) is 2. The van der Waals surface area contributed by atoms with Crippen molar-refractivity contribution in [2.45, 2.75) is 33.2 Å². The fourth-order valence-corrected chi connectivity index (χ4v) is 2.86. The molecule has 1 heterocycles. The summed E-state index contributed by atoms with van der Waals surface area (Å²) >= 11 is 1.60. The standard InChI is InChI=1S/C13H24N4O2S2/c1-5-14-13(15-6-7-21(4,18)19)16-8-12-17-11(9-20-12)10(2)3/h9-10H,5-8H2,1-4H3,(H2,14,15,16). The Morgan fingerprint density at radius 2 is 2.14 bits per heavy atom. The molecule has 0 aliphatic rings. The molecule has 0 spiro atoms. The Labute approximate surface area is 131 Å². The topological polar surface area (TPSA) is 83.4 Å². The van der Waals surface area contributed by atoms with Gasteiger partial charge in [-0.1, -0.05) is 13.8 Å². The summed E-state index contributed by atoms with van der Waals surface area (Å²) in [6, 6.07) is 0. The highest BCUT2D eigenvalue weighted by atomic mass is 32.2. The minimum Gasteiger partial charge on any atom is -0.357 e. The molecule has 0 aromatic carbocycles. The zero-order valence-corrected chi connectivity index (χ0v) is 14.6. The average Bonchev–Trinajstić information content (AvgIpc) is 2.83. The van der Waals surface area contributed by atoms with E-state index >= 15 is 0 Å².